The minimum atomic E-state index is -3.57. The van der Waals surface area contributed by atoms with E-state index < -0.39 is 10.0 Å². The number of nitrogens with one attached hydrogen (secondary N) is 1. The van der Waals surface area contributed by atoms with E-state index in [9.17, 15) is 13.2 Å². The molecule has 1 atom stereocenters. The molecule has 2 aromatic carbocycles. The second-order valence-electron chi connectivity index (χ2n) is 6.73. The van der Waals surface area contributed by atoms with Gasteiger partial charge in [-0.15, -0.1) is 0 Å². The van der Waals surface area contributed by atoms with Crippen molar-refractivity contribution in [2.45, 2.75) is 37.8 Å². The van der Waals surface area contributed by atoms with Gasteiger partial charge in [-0.1, -0.05) is 6.07 Å². The first-order valence-electron chi connectivity index (χ1n) is 8.80. The molecule has 1 unspecified atom stereocenters. The fraction of sp³-hybridized carbons (Fsp3) is 0.350. The smallest absolute Gasteiger partial charge is 0.251 e. The van der Waals surface area contributed by atoms with E-state index in [-0.39, 0.29) is 22.9 Å². The number of hydrogen-bond acceptors (Lipinski definition) is 4. The van der Waals surface area contributed by atoms with Crippen molar-refractivity contribution >= 4 is 31.9 Å². The van der Waals surface area contributed by atoms with Gasteiger partial charge in [-0.25, -0.2) is 8.42 Å². The Kier molecular flexibility index (Phi) is 7.25. The van der Waals surface area contributed by atoms with Crippen molar-refractivity contribution in [3.63, 3.8) is 0 Å². The van der Waals surface area contributed by atoms with Gasteiger partial charge in [0, 0.05) is 18.7 Å². The SMILES string of the molecule is COc1ccc(C(C)NC(=O)c2ccc(S(=O)(=O)N(C)C(C)C)cc2)cc1Br. The first kappa shape index (κ1) is 22.4. The molecule has 2 rings (SSSR count). The van der Waals surface area contributed by atoms with Gasteiger partial charge in [0.2, 0.25) is 10.0 Å². The van der Waals surface area contributed by atoms with Crippen molar-refractivity contribution in [2.24, 2.45) is 0 Å². The van der Waals surface area contributed by atoms with E-state index in [1.807, 2.05) is 25.1 Å². The third-order valence-corrected chi connectivity index (χ3v) is 7.21. The maximum absolute atomic E-state index is 12.5. The number of benzene rings is 2. The summed E-state index contributed by atoms with van der Waals surface area (Å²) in [5.74, 6) is 0.436. The van der Waals surface area contributed by atoms with Crippen LogP contribution in [0.2, 0.25) is 0 Å². The highest BCUT2D eigenvalue weighted by atomic mass is 79.9. The molecule has 0 saturated heterocycles. The van der Waals surface area contributed by atoms with E-state index in [0.717, 1.165) is 10.0 Å². The molecule has 28 heavy (non-hydrogen) atoms. The van der Waals surface area contributed by atoms with Crippen molar-refractivity contribution in [3.05, 3.63) is 58.1 Å². The summed E-state index contributed by atoms with van der Waals surface area (Å²) in [6.07, 6.45) is 0. The first-order valence-corrected chi connectivity index (χ1v) is 11.0. The van der Waals surface area contributed by atoms with Gasteiger partial charge in [0.15, 0.2) is 0 Å². The summed E-state index contributed by atoms with van der Waals surface area (Å²) in [4.78, 5) is 12.7. The van der Waals surface area contributed by atoms with E-state index in [2.05, 4.69) is 21.2 Å². The van der Waals surface area contributed by atoms with Gasteiger partial charge in [-0.3, -0.25) is 4.79 Å². The molecule has 6 nitrogen and oxygen atoms in total. The summed E-state index contributed by atoms with van der Waals surface area (Å²) in [5.41, 5.74) is 1.31. The Balaban J connectivity index is 2.14. The molecule has 0 fully saturated rings. The van der Waals surface area contributed by atoms with Crippen LogP contribution in [0.15, 0.2) is 51.8 Å². The Morgan fingerprint density at radius 1 is 1.11 bits per heavy atom. The van der Waals surface area contributed by atoms with Crippen LogP contribution in [-0.4, -0.2) is 38.8 Å². The van der Waals surface area contributed by atoms with Crippen molar-refractivity contribution in [1.82, 2.24) is 9.62 Å². The molecule has 0 radical (unpaired) electrons. The normalized spacial score (nSPS) is 12.9. The summed E-state index contributed by atoms with van der Waals surface area (Å²) in [5, 5.41) is 2.92. The molecule has 8 heteroatoms. The zero-order valence-corrected chi connectivity index (χ0v) is 19.0. The predicted molar refractivity (Wildman–Crippen MR) is 113 cm³/mol. The van der Waals surface area contributed by atoms with Crippen LogP contribution in [0.3, 0.4) is 0 Å². The number of carbonyl (C=O) groups excluding carboxylic acids is 1. The summed E-state index contributed by atoms with van der Waals surface area (Å²) < 4.78 is 32.3. The lowest BCUT2D eigenvalue weighted by Gasteiger charge is -2.21. The zero-order valence-electron chi connectivity index (χ0n) is 16.6. The number of sulfonamides is 1. The molecule has 1 N–H and O–H groups in total. The van der Waals surface area contributed by atoms with E-state index in [1.165, 1.54) is 35.6 Å². The highest BCUT2D eigenvalue weighted by molar-refractivity contribution is 9.10. The molecule has 0 saturated carbocycles. The van der Waals surface area contributed by atoms with Crippen LogP contribution in [0.4, 0.5) is 0 Å². The minimum Gasteiger partial charge on any atom is -0.496 e. The van der Waals surface area contributed by atoms with Crippen molar-refractivity contribution in [3.8, 4) is 5.75 Å². The Hall–Kier alpha value is -1.90. The second-order valence-corrected chi connectivity index (χ2v) is 9.58. The van der Waals surface area contributed by atoms with Gasteiger partial charge in [0.25, 0.3) is 5.91 Å². The van der Waals surface area contributed by atoms with Gasteiger partial charge in [-0.2, -0.15) is 4.31 Å². The first-order chi connectivity index (χ1) is 13.1. The summed E-state index contributed by atoms with van der Waals surface area (Å²) in [6.45, 7) is 5.49. The van der Waals surface area contributed by atoms with Crippen LogP contribution < -0.4 is 10.1 Å². The van der Waals surface area contributed by atoms with Gasteiger partial charge < -0.3 is 10.1 Å². The number of halogens is 1. The molecule has 0 aliphatic rings. The molecule has 2 aromatic rings. The standard InChI is InChI=1S/C20H25BrN2O4S/c1-13(2)23(4)28(25,26)17-9-6-15(7-10-17)20(24)22-14(3)16-8-11-19(27-5)18(21)12-16/h6-14H,1-5H3,(H,22,24). The summed E-state index contributed by atoms with van der Waals surface area (Å²) in [7, 11) is -0.446. The molecule has 0 aliphatic heterocycles. The van der Waals surface area contributed by atoms with Crippen LogP contribution in [0.1, 0.15) is 42.7 Å². The van der Waals surface area contributed by atoms with Crippen LogP contribution in [0.25, 0.3) is 0 Å². The predicted octanol–water partition coefficient (Wildman–Crippen LogP) is 3.98. The Labute approximate surface area is 175 Å². The number of rotatable bonds is 7. The number of ether oxygens (including phenoxy) is 1. The summed E-state index contributed by atoms with van der Waals surface area (Å²) in [6, 6.07) is 11.2. The molecule has 0 aromatic heterocycles. The third-order valence-electron chi connectivity index (χ3n) is 4.54. The fourth-order valence-electron chi connectivity index (χ4n) is 2.54. The second kappa shape index (κ2) is 9.07. The number of carbonyl (C=O) groups is 1. The average Bonchev–Trinajstić information content (AvgIpc) is 2.67. The van der Waals surface area contributed by atoms with E-state index in [4.69, 9.17) is 4.74 Å². The van der Waals surface area contributed by atoms with Crippen LogP contribution in [0.5, 0.6) is 5.75 Å². The molecule has 1 amide bonds. The monoisotopic (exact) mass is 468 g/mol. The number of hydrogen-bond donors (Lipinski definition) is 1. The Morgan fingerprint density at radius 2 is 1.71 bits per heavy atom. The lowest BCUT2D eigenvalue weighted by Crippen LogP contribution is -2.33. The lowest BCUT2D eigenvalue weighted by atomic mass is 10.1. The van der Waals surface area contributed by atoms with E-state index in [1.54, 1.807) is 21.0 Å². The van der Waals surface area contributed by atoms with Crippen LogP contribution in [0, 0.1) is 0 Å². The third kappa shape index (κ3) is 4.92. The largest absolute Gasteiger partial charge is 0.496 e. The maximum atomic E-state index is 12.5. The summed E-state index contributed by atoms with van der Waals surface area (Å²) >= 11 is 3.44. The van der Waals surface area contributed by atoms with Crippen molar-refractivity contribution in [2.75, 3.05) is 14.2 Å². The zero-order chi connectivity index (χ0) is 21.1. The quantitative estimate of drug-likeness (QED) is 0.666. The molecular formula is C20H25BrN2O4S. The average molecular weight is 469 g/mol. The minimum absolute atomic E-state index is 0.155. The van der Waals surface area contributed by atoms with Gasteiger partial charge in [0.05, 0.1) is 22.5 Å². The Morgan fingerprint density at radius 3 is 2.21 bits per heavy atom. The molecule has 0 bridgehead atoms. The Bertz CT molecular complexity index is 943. The van der Waals surface area contributed by atoms with Crippen LogP contribution >= 0.6 is 15.9 Å². The fourth-order valence-corrected chi connectivity index (χ4v) is 4.46. The van der Waals surface area contributed by atoms with Gasteiger partial charge >= 0.3 is 0 Å². The highest BCUT2D eigenvalue weighted by Gasteiger charge is 2.23. The maximum Gasteiger partial charge on any atom is 0.251 e. The number of amides is 1. The van der Waals surface area contributed by atoms with Crippen molar-refractivity contribution in [1.29, 1.82) is 0 Å². The topological polar surface area (TPSA) is 75.7 Å². The lowest BCUT2D eigenvalue weighted by molar-refractivity contribution is 0.0939. The van der Waals surface area contributed by atoms with Gasteiger partial charge in [0.1, 0.15) is 5.75 Å². The number of methoxy groups -OCH3 is 1. The molecule has 0 spiro atoms. The highest BCUT2D eigenvalue weighted by Crippen LogP contribution is 2.28. The molecule has 0 heterocycles. The van der Waals surface area contributed by atoms with E-state index >= 15 is 0 Å². The molecule has 0 aliphatic carbocycles. The number of nitrogens with zero attached hydrogens (tertiary/aromatic N) is 1. The van der Waals surface area contributed by atoms with Crippen molar-refractivity contribution < 1.29 is 17.9 Å². The van der Waals surface area contributed by atoms with E-state index in [0.29, 0.717) is 11.3 Å². The molecule has 152 valence electrons. The molecular weight excluding hydrogens is 444 g/mol. The van der Waals surface area contributed by atoms with Crippen LogP contribution in [-0.2, 0) is 10.0 Å². The van der Waals surface area contributed by atoms with Gasteiger partial charge in [-0.05, 0) is 78.7 Å².